The standard InChI is InChI=1S/C12H9N3O/c16-8-5-6-11(13-7-8)12-14-9-3-1-2-4-10(9)15-12/h1-7,16H,(H,14,15). The number of pyridine rings is 1. The molecule has 78 valence electrons. The molecule has 0 fully saturated rings. The van der Waals surface area contributed by atoms with E-state index < -0.39 is 0 Å². The first-order valence-corrected chi connectivity index (χ1v) is 4.93. The Labute approximate surface area is 91.6 Å². The molecule has 2 heterocycles. The van der Waals surface area contributed by atoms with E-state index in [9.17, 15) is 0 Å². The minimum absolute atomic E-state index is 0.153. The van der Waals surface area contributed by atoms with Crippen LogP contribution in [0.15, 0.2) is 42.6 Å². The molecular formula is C12H9N3O. The third-order valence-electron chi connectivity index (χ3n) is 2.38. The predicted octanol–water partition coefficient (Wildman–Crippen LogP) is 2.33. The largest absolute Gasteiger partial charge is 0.506 e. The van der Waals surface area contributed by atoms with Crippen molar-refractivity contribution in [1.82, 2.24) is 15.0 Å². The Bertz CT molecular complexity index is 595. The van der Waals surface area contributed by atoms with Gasteiger partial charge in [-0.25, -0.2) is 9.97 Å². The maximum Gasteiger partial charge on any atom is 0.157 e. The lowest BCUT2D eigenvalue weighted by Gasteiger charge is -1.94. The molecule has 3 aromatic rings. The van der Waals surface area contributed by atoms with E-state index in [0.29, 0.717) is 11.5 Å². The first kappa shape index (κ1) is 8.91. The Kier molecular flexibility index (Phi) is 1.86. The quantitative estimate of drug-likeness (QED) is 0.649. The number of nitrogens with zero attached hydrogens (tertiary/aromatic N) is 2. The number of aromatic hydroxyl groups is 1. The van der Waals surface area contributed by atoms with E-state index in [0.717, 1.165) is 11.0 Å². The lowest BCUT2D eigenvalue weighted by atomic mass is 10.3. The van der Waals surface area contributed by atoms with Crippen LogP contribution < -0.4 is 0 Å². The van der Waals surface area contributed by atoms with Crippen LogP contribution >= 0.6 is 0 Å². The van der Waals surface area contributed by atoms with Crippen LogP contribution in [0.3, 0.4) is 0 Å². The molecule has 1 aromatic carbocycles. The average Bonchev–Trinajstić information content (AvgIpc) is 2.73. The smallest absolute Gasteiger partial charge is 0.157 e. The highest BCUT2D eigenvalue weighted by Crippen LogP contribution is 2.19. The molecule has 0 amide bonds. The number of hydrogen-bond acceptors (Lipinski definition) is 3. The Balaban J connectivity index is 2.15. The van der Waals surface area contributed by atoms with Crippen molar-refractivity contribution in [2.45, 2.75) is 0 Å². The molecule has 0 unspecified atom stereocenters. The summed E-state index contributed by atoms with van der Waals surface area (Å²) in [6.45, 7) is 0. The summed E-state index contributed by atoms with van der Waals surface area (Å²) in [5, 5.41) is 9.15. The van der Waals surface area contributed by atoms with Gasteiger partial charge in [-0.1, -0.05) is 12.1 Å². The number of rotatable bonds is 1. The van der Waals surface area contributed by atoms with Crippen LogP contribution in [0.25, 0.3) is 22.6 Å². The van der Waals surface area contributed by atoms with Gasteiger partial charge in [-0.15, -0.1) is 0 Å². The van der Waals surface area contributed by atoms with Crippen LogP contribution in [-0.4, -0.2) is 20.1 Å². The second-order valence-electron chi connectivity index (χ2n) is 3.50. The van der Waals surface area contributed by atoms with E-state index in [4.69, 9.17) is 5.11 Å². The first-order valence-electron chi connectivity index (χ1n) is 4.93. The molecule has 3 rings (SSSR count). The SMILES string of the molecule is Oc1ccc(-c2nc3ccccc3[nH]2)nc1. The Morgan fingerprint density at radius 2 is 1.94 bits per heavy atom. The molecule has 0 aliphatic rings. The molecule has 16 heavy (non-hydrogen) atoms. The van der Waals surface area contributed by atoms with Gasteiger partial charge in [-0.05, 0) is 24.3 Å². The summed E-state index contributed by atoms with van der Waals surface area (Å²) < 4.78 is 0. The minimum Gasteiger partial charge on any atom is -0.506 e. The molecule has 0 spiro atoms. The van der Waals surface area contributed by atoms with Crippen molar-refractivity contribution in [2.75, 3.05) is 0 Å². The molecule has 0 aliphatic heterocycles. The van der Waals surface area contributed by atoms with Crippen LogP contribution in [0.5, 0.6) is 5.75 Å². The van der Waals surface area contributed by atoms with E-state index >= 15 is 0 Å². The third kappa shape index (κ3) is 1.40. The highest BCUT2D eigenvalue weighted by Gasteiger charge is 2.05. The van der Waals surface area contributed by atoms with Gasteiger partial charge in [0.15, 0.2) is 5.82 Å². The maximum atomic E-state index is 9.15. The number of benzene rings is 1. The average molecular weight is 211 g/mol. The van der Waals surface area contributed by atoms with Crippen LogP contribution in [0.1, 0.15) is 0 Å². The fraction of sp³-hybridized carbons (Fsp3) is 0. The maximum absolute atomic E-state index is 9.15. The van der Waals surface area contributed by atoms with Crippen molar-refractivity contribution in [3.63, 3.8) is 0 Å². The monoisotopic (exact) mass is 211 g/mol. The highest BCUT2D eigenvalue weighted by molar-refractivity contribution is 5.78. The minimum atomic E-state index is 0.153. The van der Waals surface area contributed by atoms with Gasteiger partial charge < -0.3 is 10.1 Å². The van der Waals surface area contributed by atoms with Gasteiger partial charge in [0.05, 0.1) is 17.2 Å². The van der Waals surface area contributed by atoms with Crippen LogP contribution in [0.2, 0.25) is 0 Å². The number of imidazole rings is 1. The molecule has 0 bridgehead atoms. The van der Waals surface area contributed by atoms with Gasteiger partial charge in [0.2, 0.25) is 0 Å². The first-order chi connectivity index (χ1) is 7.83. The highest BCUT2D eigenvalue weighted by atomic mass is 16.3. The zero-order chi connectivity index (χ0) is 11.0. The number of aromatic nitrogens is 3. The van der Waals surface area contributed by atoms with E-state index in [1.807, 2.05) is 24.3 Å². The molecule has 0 aliphatic carbocycles. The lowest BCUT2D eigenvalue weighted by Crippen LogP contribution is -1.83. The Morgan fingerprint density at radius 1 is 1.06 bits per heavy atom. The molecule has 0 radical (unpaired) electrons. The molecule has 4 heteroatoms. The molecule has 4 nitrogen and oxygen atoms in total. The number of hydrogen-bond donors (Lipinski definition) is 2. The van der Waals surface area contributed by atoms with Gasteiger partial charge in [0, 0.05) is 0 Å². The van der Waals surface area contributed by atoms with Crippen molar-refractivity contribution >= 4 is 11.0 Å². The number of para-hydroxylation sites is 2. The predicted molar refractivity (Wildman–Crippen MR) is 61.0 cm³/mol. The van der Waals surface area contributed by atoms with Crippen LogP contribution in [0, 0.1) is 0 Å². The zero-order valence-electron chi connectivity index (χ0n) is 8.38. The second-order valence-corrected chi connectivity index (χ2v) is 3.50. The molecule has 2 N–H and O–H groups in total. The van der Waals surface area contributed by atoms with Gasteiger partial charge in [-0.2, -0.15) is 0 Å². The number of aromatic amines is 1. The summed E-state index contributed by atoms with van der Waals surface area (Å²) in [5.41, 5.74) is 2.61. The van der Waals surface area contributed by atoms with Gasteiger partial charge in [0.1, 0.15) is 11.4 Å². The lowest BCUT2D eigenvalue weighted by molar-refractivity contribution is 0.473. The van der Waals surface area contributed by atoms with Gasteiger partial charge in [-0.3, -0.25) is 0 Å². The molecular weight excluding hydrogens is 202 g/mol. The summed E-state index contributed by atoms with van der Waals surface area (Å²) in [6.07, 6.45) is 1.41. The fourth-order valence-corrected chi connectivity index (χ4v) is 1.60. The van der Waals surface area contributed by atoms with Crippen LogP contribution in [-0.2, 0) is 0 Å². The van der Waals surface area contributed by atoms with Crippen molar-refractivity contribution < 1.29 is 5.11 Å². The van der Waals surface area contributed by atoms with Crippen LogP contribution in [0.4, 0.5) is 0 Å². The Morgan fingerprint density at radius 3 is 2.69 bits per heavy atom. The topological polar surface area (TPSA) is 61.8 Å². The summed E-state index contributed by atoms with van der Waals surface area (Å²) >= 11 is 0. The normalized spacial score (nSPS) is 10.8. The van der Waals surface area contributed by atoms with Crippen molar-refractivity contribution in [1.29, 1.82) is 0 Å². The fourth-order valence-electron chi connectivity index (χ4n) is 1.60. The molecule has 0 saturated heterocycles. The number of fused-ring (bicyclic) bond motifs is 1. The van der Waals surface area contributed by atoms with E-state index in [2.05, 4.69) is 15.0 Å². The van der Waals surface area contributed by atoms with E-state index in [1.54, 1.807) is 12.1 Å². The number of H-pyrrole nitrogens is 1. The van der Waals surface area contributed by atoms with Crippen molar-refractivity contribution in [2.24, 2.45) is 0 Å². The summed E-state index contributed by atoms with van der Waals surface area (Å²) in [7, 11) is 0. The zero-order valence-corrected chi connectivity index (χ0v) is 8.38. The summed E-state index contributed by atoms with van der Waals surface area (Å²) in [4.78, 5) is 11.7. The van der Waals surface area contributed by atoms with E-state index in [-0.39, 0.29) is 5.75 Å². The third-order valence-corrected chi connectivity index (χ3v) is 2.38. The van der Waals surface area contributed by atoms with E-state index in [1.165, 1.54) is 6.20 Å². The summed E-state index contributed by atoms with van der Waals surface area (Å²) in [5.74, 6) is 0.862. The Hall–Kier alpha value is -2.36. The second kappa shape index (κ2) is 3.34. The summed E-state index contributed by atoms with van der Waals surface area (Å²) in [6, 6.07) is 11.1. The van der Waals surface area contributed by atoms with Gasteiger partial charge in [0.25, 0.3) is 0 Å². The van der Waals surface area contributed by atoms with Gasteiger partial charge >= 0.3 is 0 Å². The molecule has 0 atom stereocenters. The molecule has 2 aromatic heterocycles. The van der Waals surface area contributed by atoms with Crippen molar-refractivity contribution in [3.8, 4) is 17.3 Å². The molecule has 0 saturated carbocycles. The van der Waals surface area contributed by atoms with Crippen molar-refractivity contribution in [3.05, 3.63) is 42.6 Å². The number of nitrogens with one attached hydrogen (secondary N) is 1.